The zero-order valence-electron chi connectivity index (χ0n) is 26.7. The molecule has 4 aliphatic heterocycles. The summed E-state index contributed by atoms with van der Waals surface area (Å²) < 4.78 is 50.2. The molecule has 20 heteroatoms. The summed E-state index contributed by atoms with van der Waals surface area (Å²) in [5, 5.41) is 116. The number of methoxy groups -OCH3 is 2. The van der Waals surface area contributed by atoms with Gasteiger partial charge in [-0.15, -0.1) is 0 Å². The van der Waals surface area contributed by atoms with Crippen LogP contribution in [0.25, 0.3) is 0 Å². The second-order valence-corrected chi connectivity index (χ2v) is 12.2. The second kappa shape index (κ2) is 17.6. The van der Waals surface area contributed by atoms with E-state index in [4.69, 9.17) is 42.6 Å². The number of hydrogen-bond donors (Lipinski definition) is 11. The number of aliphatic hydroxyl groups is 11. The van der Waals surface area contributed by atoms with Gasteiger partial charge in [0.15, 0.2) is 18.9 Å². The highest BCUT2D eigenvalue weighted by molar-refractivity contribution is 4.98. The quantitative estimate of drug-likeness (QED) is 0.0848. The third-order valence-corrected chi connectivity index (χ3v) is 9.20. The predicted octanol–water partition coefficient (Wildman–Crippen LogP) is -6.98. The topological polar surface area (TPSA) is 306 Å². The summed E-state index contributed by atoms with van der Waals surface area (Å²) in [5.74, 6) is 0. The third kappa shape index (κ3) is 8.13. The molecule has 4 saturated heterocycles. The summed E-state index contributed by atoms with van der Waals surface area (Å²) in [5.41, 5.74) is 0. The molecule has 4 aliphatic rings. The molecule has 282 valence electrons. The summed E-state index contributed by atoms with van der Waals surface area (Å²) >= 11 is 0. The summed E-state index contributed by atoms with van der Waals surface area (Å²) in [7, 11) is 2.46. The fourth-order valence-corrected chi connectivity index (χ4v) is 6.43. The molecule has 20 atom stereocenters. The van der Waals surface area contributed by atoms with Gasteiger partial charge in [-0.25, -0.2) is 0 Å². The molecular weight excluding hydrogens is 656 g/mol. The minimum absolute atomic E-state index is 0.291. The molecule has 4 rings (SSSR count). The Morgan fingerprint density at radius 2 is 0.812 bits per heavy atom. The zero-order valence-corrected chi connectivity index (χ0v) is 26.7. The number of aliphatic hydroxyl groups excluding tert-OH is 11. The zero-order chi connectivity index (χ0) is 35.4. The summed E-state index contributed by atoms with van der Waals surface area (Å²) in [6, 6.07) is 0. The number of hydrogen-bond acceptors (Lipinski definition) is 20. The van der Waals surface area contributed by atoms with Gasteiger partial charge in [-0.05, 0) is 6.42 Å². The lowest BCUT2D eigenvalue weighted by molar-refractivity contribution is -0.379. The van der Waals surface area contributed by atoms with Crippen LogP contribution in [0.5, 0.6) is 0 Å². The highest BCUT2D eigenvalue weighted by atomic mass is 16.8. The lowest BCUT2D eigenvalue weighted by Gasteiger charge is -2.49. The van der Waals surface area contributed by atoms with E-state index in [0.29, 0.717) is 6.42 Å². The van der Waals surface area contributed by atoms with Crippen molar-refractivity contribution in [3.05, 3.63) is 0 Å². The first-order valence-electron chi connectivity index (χ1n) is 15.7. The lowest BCUT2D eigenvalue weighted by Crippen LogP contribution is -2.67. The SMILES string of the molecule is CC[C@H]1OC(CO)[C@@H](O[C@H]2OC(CO[C@H]3OC(CO)[C@@H](OC)[C@H](O)C3O)[C@@H](O[C@H]3OC(CO)[C@@H](OC)[C@H](O)C3O)[C@H](O)C2O)[C@H](O)C1O. The molecule has 0 saturated carbocycles. The molecule has 48 heavy (non-hydrogen) atoms. The fraction of sp³-hybridized carbons (Fsp3) is 1.00. The van der Waals surface area contributed by atoms with Crippen molar-refractivity contribution in [2.24, 2.45) is 0 Å². The van der Waals surface area contributed by atoms with Crippen LogP contribution in [0.2, 0.25) is 0 Å². The Bertz CT molecular complexity index is 960. The van der Waals surface area contributed by atoms with E-state index in [2.05, 4.69) is 0 Å². The second-order valence-electron chi connectivity index (χ2n) is 12.2. The summed E-state index contributed by atoms with van der Waals surface area (Å²) in [4.78, 5) is 0. The van der Waals surface area contributed by atoms with Crippen molar-refractivity contribution in [2.45, 2.75) is 136 Å². The van der Waals surface area contributed by atoms with E-state index in [0.717, 1.165) is 0 Å². The Hall–Kier alpha value is -0.800. The van der Waals surface area contributed by atoms with E-state index in [9.17, 15) is 56.2 Å². The Morgan fingerprint density at radius 1 is 0.438 bits per heavy atom. The van der Waals surface area contributed by atoms with E-state index in [-0.39, 0.29) is 0 Å². The van der Waals surface area contributed by atoms with Crippen LogP contribution in [-0.2, 0) is 42.6 Å². The molecule has 0 spiro atoms. The maximum absolute atomic E-state index is 11.3. The Morgan fingerprint density at radius 3 is 1.27 bits per heavy atom. The van der Waals surface area contributed by atoms with Gasteiger partial charge in [0.1, 0.15) is 97.7 Å². The van der Waals surface area contributed by atoms with Crippen molar-refractivity contribution in [2.75, 3.05) is 40.6 Å². The highest BCUT2D eigenvalue weighted by Crippen LogP contribution is 2.34. The number of ether oxygens (including phenoxy) is 9. The largest absolute Gasteiger partial charge is 0.394 e. The van der Waals surface area contributed by atoms with Crippen molar-refractivity contribution in [3.63, 3.8) is 0 Å². The van der Waals surface area contributed by atoms with Gasteiger partial charge in [-0.2, -0.15) is 0 Å². The number of rotatable bonds is 13. The molecule has 20 nitrogen and oxygen atoms in total. The Balaban J connectivity index is 1.57. The minimum Gasteiger partial charge on any atom is -0.394 e. The first kappa shape index (κ1) is 40.0. The van der Waals surface area contributed by atoms with E-state index in [1.54, 1.807) is 6.92 Å². The van der Waals surface area contributed by atoms with Gasteiger partial charge < -0.3 is 98.8 Å². The normalized spacial score (nSPS) is 50.4. The third-order valence-electron chi connectivity index (χ3n) is 9.20. The molecule has 0 aliphatic carbocycles. The van der Waals surface area contributed by atoms with E-state index < -0.39 is 149 Å². The molecule has 0 radical (unpaired) electrons. The smallest absolute Gasteiger partial charge is 0.187 e. The van der Waals surface area contributed by atoms with Crippen LogP contribution in [0.1, 0.15) is 13.3 Å². The van der Waals surface area contributed by atoms with Crippen LogP contribution in [0, 0.1) is 0 Å². The maximum atomic E-state index is 11.3. The van der Waals surface area contributed by atoms with Crippen LogP contribution >= 0.6 is 0 Å². The van der Waals surface area contributed by atoms with Crippen LogP contribution < -0.4 is 0 Å². The van der Waals surface area contributed by atoms with Crippen LogP contribution in [0.4, 0.5) is 0 Å². The molecule has 0 aromatic carbocycles. The van der Waals surface area contributed by atoms with Crippen molar-refractivity contribution in [1.29, 1.82) is 0 Å². The predicted molar refractivity (Wildman–Crippen MR) is 152 cm³/mol. The molecule has 0 bridgehead atoms. The first-order chi connectivity index (χ1) is 22.9. The highest BCUT2D eigenvalue weighted by Gasteiger charge is 2.54. The molecule has 0 amide bonds. The molecule has 4 heterocycles. The Labute approximate surface area is 275 Å². The van der Waals surface area contributed by atoms with Crippen LogP contribution in [0.3, 0.4) is 0 Å². The van der Waals surface area contributed by atoms with E-state index >= 15 is 0 Å². The van der Waals surface area contributed by atoms with Gasteiger partial charge in [0.25, 0.3) is 0 Å². The molecule has 0 aromatic rings. The van der Waals surface area contributed by atoms with Crippen molar-refractivity contribution < 1.29 is 98.8 Å². The van der Waals surface area contributed by atoms with Gasteiger partial charge in [-0.3, -0.25) is 0 Å². The van der Waals surface area contributed by atoms with Gasteiger partial charge in [-0.1, -0.05) is 6.92 Å². The Kier molecular flexibility index (Phi) is 14.7. The maximum Gasteiger partial charge on any atom is 0.187 e. The molecule has 0 aromatic heterocycles. The molecule has 11 N–H and O–H groups in total. The molecular formula is C28H50O20. The average Bonchev–Trinajstić information content (AvgIpc) is 3.09. The monoisotopic (exact) mass is 706 g/mol. The van der Waals surface area contributed by atoms with Gasteiger partial charge in [0.05, 0.1) is 32.5 Å². The van der Waals surface area contributed by atoms with Gasteiger partial charge in [0.2, 0.25) is 0 Å². The molecule has 4 fully saturated rings. The average molecular weight is 707 g/mol. The van der Waals surface area contributed by atoms with Crippen LogP contribution in [0.15, 0.2) is 0 Å². The van der Waals surface area contributed by atoms with Gasteiger partial charge in [0, 0.05) is 14.2 Å². The van der Waals surface area contributed by atoms with Crippen LogP contribution in [-0.4, -0.2) is 219 Å². The lowest BCUT2D eigenvalue weighted by atomic mass is 9.93. The van der Waals surface area contributed by atoms with E-state index in [1.807, 2.05) is 0 Å². The van der Waals surface area contributed by atoms with Gasteiger partial charge >= 0.3 is 0 Å². The van der Waals surface area contributed by atoms with Crippen molar-refractivity contribution in [1.82, 2.24) is 0 Å². The minimum atomic E-state index is -1.95. The standard InChI is InChI=1S/C28H50O20/c1-4-9-14(32)15(33)24(12(7-31)43-9)47-28-21(39)18(36)25(48-27-20(38)17(35)23(41-3)11(6-30)45-27)13(46-28)8-42-26-19(37)16(34)22(40-2)10(5-29)44-26/h9-39H,4-8H2,1-3H3/t9-,10?,11?,12?,13?,14?,15-,16-,17-,18-,19?,20?,21?,22-,23-,24-,25-,26+,27-,28-/m1/s1. The summed E-state index contributed by atoms with van der Waals surface area (Å²) in [6.45, 7) is -0.893. The molecule has 8 unspecified atom stereocenters. The summed E-state index contributed by atoms with van der Waals surface area (Å²) in [6.07, 6.45) is -29.7. The van der Waals surface area contributed by atoms with Crippen molar-refractivity contribution in [3.8, 4) is 0 Å². The van der Waals surface area contributed by atoms with Crippen molar-refractivity contribution >= 4 is 0 Å². The first-order valence-corrected chi connectivity index (χ1v) is 15.7. The fourth-order valence-electron chi connectivity index (χ4n) is 6.43. The van der Waals surface area contributed by atoms with E-state index in [1.165, 1.54) is 14.2 Å².